The zero-order chi connectivity index (χ0) is 22.6. The minimum Gasteiger partial charge on any atom is -0.381 e. The van der Waals surface area contributed by atoms with Crippen molar-refractivity contribution >= 4 is 50.9 Å². The predicted octanol–water partition coefficient (Wildman–Crippen LogP) is 3.88. The van der Waals surface area contributed by atoms with E-state index in [0.29, 0.717) is 19.0 Å². The highest BCUT2D eigenvalue weighted by Crippen LogP contribution is 2.33. The van der Waals surface area contributed by atoms with Crippen molar-refractivity contribution in [1.82, 2.24) is 15.2 Å². The highest BCUT2D eigenvalue weighted by molar-refractivity contribution is 8.14. The van der Waals surface area contributed by atoms with Gasteiger partial charge in [-0.15, -0.1) is 11.8 Å². The summed E-state index contributed by atoms with van der Waals surface area (Å²) in [6.45, 7) is 4.99. The smallest absolute Gasteiger partial charge is 0.222 e. The molecular weight excluding hydrogens is 458 g/mol. The molecule has 1 aliphatic carbocycles. The molecule has 1 atom stereocenters. The molecule has 2 aliphatic heterocycles. The maximum atomic E-state index is 12.4. The highest BCUT2D eigenvalue weighted by atomic mass is 35.5. The molecule has 2 aromatic rings. The van der Waals surface area contributed by atoms with Gasteiger partial charge in [-0.25, -0.2) is 0 Å². The fourth-order valence-electron chi connectivity index (χ4n) is 4.86. The third kappa shape index (κ3) is 5.85. The number of carbonyl (C=O) groups is 1. The number of nitrogens with one attached hydrogen (secondary N) is 3. The van der Waals surface area contributed by atoms with Crippen LogP contribution in [0.1, 0.15) is 37.8 Å². The summed E-state index contributed by atoms with van der Waals surface area (Å²) in [5.41, 5.74) is 3.14. The van der Waals surface area contributed by atoms with Gasteiger partial charge in [0.2, 0.25) is 5.91 Å². The lowest BCUT2D eigenvalue weighted by molar-refractivity contribution is -0.121. The second-order valence-electron chi connectivity index (χ2n) is 9.13. The number of hydrogen-bond acceptors (Lipinski definition) is 6. The average molecular weight is 490 g/mol. The first-order chi connectivity index (χ1) is 16.1. The fraction of sp³-hybridized carbons (Fsp3) is 0.583. The lowest BCUT2D eigenvalue weighted by Crippen LogP contribution is -2.41. The molecule has 1 saturated carbocycles. The quantitative estimate of drug-likeness (QED) is 0.524. The summed E-state index contributed by atoms with van der Waals surface area (Å²) in [6, 6.07) is 6.66. The molecule has 1 saturated heterocycles. The highest BCUT2D eigenvalue weighted by Gasteiger charge is 2.24. The van der Waals surface area contributed by atoms with Crippen molar-refractivity contribution in [2.45, 2.75) is 44.2 Å². The molecule has 3 heterocycles. The number of hydrogen-bond donors (Lipinski definition) is 3. The van der Waals surface area contributed by atoms with Crippen LogP contribution in [0.4, 0.5) is 5.69 Å². The van der Waals surface area contributed by atoms with Crippen LogP contribution in [0.25, 0.3) is 10.9 Å². The first kappa shape index (κ1) is 23.0. The fourth-order valence-corrected chi connectivity index (χ4v) is 6.12. The molecule has 7 nitrogen and oxygen atoms in total. The van der Waals surface area contributed by atoms with E-state index in [1.54, 1.807) is 11.8 Å². The maximum Gasteiger partial charge on any atom is 0.222 e. The van der Waals surface area contributed by atoms with Crippen molar-refractivity contribution in [2.24, 2.45) is 4.99 Å². The van der Waals surface area contributed by atoms with E-state index in [-0.39, 0.29) is 11.9 Å². The molecule has 5 rings (SSSR count). The zero-order valence-electron chi connectivity index (χ0n) is 18.9. The number of aromatic nitrogens is 1. The molecule has 9 heteroatoms. The second-order valence-corrected chi connectivity index (χ2v) is 10.6. The van der Waals surface area contributed by atoms with Gasteiger partial charge in [-0.2, -0.15) is 0 Å². The van der Waals surface area contributed by atoms with Gasteiger partial charge in [0.05, 0.1) is 36.2 Å². The van der Waals surface area contributed by atoms with Crippen molar-refractivity contribution in [1.29, 1.82) is 0 Å². The van der Waals surface area contributed by atoms with Crippen LogP contribution in [0.5, 0.6) is 0 Å². The maximum absolute atomic E-state index is 12.4. The number of nitrogens with zero attached hydrogens (tertiary/aromatic N) is 2. The molecule has 0 radical (unpaired) electrons. The Balaban J connectivity index is 1.19. The number of aliphatic imine (C=N–C) groups is 1. The summed E-state index contributed by atoms with van der Waals surface area (Å²) >= 11 is 8.12. The van der Waals surface area contributed by atoms with E-state index in [9.17, 15) is 4.79 Å². The molecular formula is C24H32ClN5O2S. The number of H-pyrrole nitrogens is 1. The predicted molar refractivity (Wildman–Crippen MR) is 137 cm³/mol. The largest absolute Gasteiger partial charge is 0.381 e. The van der Waals surface area contributed by atoms with Gasteiger partial charge in [0.1, 0.15) is 5.04 Å². The van der Waals surface area contributed by atoms with Gasteiger partial charge in [-0.3, -0.25) is 14.7 Å². The van der Waals surface area contributed by atoms with E-state index in [0.717, 1.165) is 71.0 Å². The van der Waals surface area contributed by atoms with Gasteiger partial charge in [-0.1, -0.05) is 24.4 Å². The Morgan fingerprint density at radius 1 is 1.24 bits per heavy atom. The average Bonchev–Trinajstić information content (AvgIpc) is 3.55. The lowest BCUT2D eigenvalue weighted by Gasteiger charge is -2.26. The van der Waals surface area contributed by atoms with Gasteiger partial charge >= 0.3 is 0 Å². The Labute approximate surface area is 204 Å². The molecule has 0 spiro atoms. The van der Waals surface area contributed by atoms with Crippen LogP contribution in [-0.2, 0) is 9.53 Å². The van der Waals surface area contributed by atoms with Crippen LogP contribution in [0.15, 0.2) is 23.2 Å². The van der Waals surface area contributed by atoms with Crippen molar-refractivity contribution in [2.75, 3.05) is 50.5 Å². The molecule has 178 valence electrons. The lowest BCUT2D eigenvalue weighted by atomic mass is 10.2. The van der Waals surface area contributed by atoms with Gasteiger partial charge < -0.3 is 20.4 Å². The Kier molecular flexibility index (Phi) is 7.45. The number of fused-ring (bicyclic) bond motifs is 1. The summed E-state index contributed by atoms with van der Waals surface area (Å²) in [5.74, 6) is 0.903. The number of amides is 1. The normalized spacial score (nSPS) is 22.1. The number of benzene rings is 1. The number of halogens is 1. The van der Waals surface area contributed by atoms with Gasteiger partial charge in [0.15, 0.2) is 0 Å². The number of morpholine rings is 1. The first-order valence-corrected chi connectivity index (χ1v) is 13.4. The van der Waals surface area contributed by atoms with Crippen molar-refractivity contribution in [3.05, 3.63) is 28.9 Å². The summed E-state index contributed by atoms with van der Waals surface area (Å²) in [4.78, 5) is 23.1. The minimum absolute atomic E-state index is 0.0134. The van der Waals surface area contributed by atoms with Gasteiger partial charge in [-0.05, 0) is 31.0 Å². The SMILES string of the molecule is O=C(CC1CSC(c2cc3cc(Cl)cc(NC4CCCC4)c3[nH]2)=N1)NCCN1CCOCC1. The second kappa shape index (κ2) is 10.7. The third-order valence-corrected chi connectivity index (χ3v) is 7.99. The number of carbonyl (C=O) groups excluding carboxylic acids is 1. The van der Waals surface area contributed by atoms with E-state index >= 15 is 0 Å². The van der Waals surface area contributed by atoms with Crippen molar-refractivity contribution in [3.63, 3.8) is 0 Å². The molecule has 3 N–H and O–H groups in total. The van der Waals surface area contributed by atoms with E-state index in [4.69, 9.17) is 21.3 Å². The summed E-state index contributed by atoms with van der Waals surface area (Å²) in [5, 5.41) is 9.53. The number of ether oxygens (including phenoxy) is 1. The molecule has 1 aromatic carbocycles. The topological polar surface area (TPSA) is 81.8 Å². The molecule has 1 unspecified atom stereocenters. The van der Waals surface area contributed by atoms with Crippen molar-refractivity contribution < 1.29 is 9.53 Å². The molecule has 0 bridgehead atoms. The Morgan fingerprint density at radius 3 is 2.88 bits per heavy atom. The van der Waals surface area contributed by atoms with Gasteiger partial charge in [0, 0.05) is 54.8 Å². The molecule has 3 aliphatic rings. The summed E-state index contributed by atoms with van der Waals surface area (Å²) in [7, 11) is 0. The van der Waals surface area contributed by atoms with Gasteiger partial charge in [0.25, 0.3) is 0 Å². The van der Waals surface area contributed by atoms with E-state index in [2.05, 4.69) is 26.6 Å². The van der Waals surface area contributed by atoms with Crippen LogP contribution in [0, 0.1) is 0 Å². The third-order valence-electron chi connectivity index (χ3n) is 6.63. The zero-order valence-corrected chi connectivity index (χ0v) is 20.4. The van der Waals surface area contributed by atoms with Crippen LogP contribution >= 0.6 is 23.4 Å². The Hall–Kier alpha value is -1.74. The van der Waals surface area contributed by atoms with Crippen LogP contribution in [0.2, 0.25) is 5.02 Å². The van der Waals surface area contributed by atoms with E-state index in [1.807, 2.05) is 12.1 Å². The molecule has 2 fully saturated rings. The monoisotopic (exact) mass is 489 g/mol. The molecule has 1 amide bonds. The molecule has 33 heavy (non-hydrogen) atoms. The number of aromatic amines is 1. The van der Waals surface area contributed by atoms with Crippen LogP contribution in [-0.4, -0.2) is 78.1 Å². The summed E-state index contributed by atoms with van der Waals surface area (Å²) < 4.78 is 5.36. The van der Waals surface area contributed by atoms with Crippen molar-refractivity contribution in [3.8, 4) is 0 Å². The van der Waals surface area contributed by atoms with Crippen LogP contribution < -0.4 is 10.6 Å². The van der Waals surface area contributed by atoms with E-state index < -0.39 is 0 Å². The molecule has 1 aromatic heterocycles. The summed E-state index contributed by atoms with van der Waals surface area (Å²) in [6.07, 6.45) is 5.42. The first-order valence-electron chi connectivity index (χ1n) is 12.0. The Bertz CT molecular complexity index is 1010. The number of rotatable bonds is 8. The minimum atomic E-state index is 0.0134. The van der Waals surface area contributed by atoms with E-state index in [1.165, 1.54) is 25.7 Å². The number of anilines is 1. The standard InChI is InChI=1S/C24H32ClN5O2S/c25-17-11-16-12-21(29-23(16)20(13-17)27-18-3-1-2-4-18)24-28-19(15-33-24)14-22(31)26-5-6-30-7-9-32-10-8-30/h11-13,18-19,27,29H,1-10,14-15H2,(H,26,31). The number of thioether (sulfide) groups is 1. The Morgan fingerprint density at radius 2 is 2.06 bits per heavy atom. The van der Waals surface area contributed by atoms with Crippen LogP contribution in [0.3, 0.4) is 0 Å².